The lowest BCUT2D eigenvalue weighted by Crippen LogP contribution is -2.34. The van der Waals surface area contributed by atoms with Crippen LogP contribution in [0.2, 0.25) is 0 Å². The van der Waals surface area contributed by atoms with Gasteiger partial charge in [0.2, 0.25) is 5.91 Å². The summed E-state index contributed by atoms with van der Waals surface area (Å²) >= 11 is 0. The second kappa shape index (κ2) is 5.72. The molecule has 0 saturated carbocycles. The molecule has 1 aromatic carbocycles. The molecule has 3 nitrogen and oxygen atoms in total. The summed E-state index contributed by atoms with van der Waals surface area (Å²) in [6.07, 6.45) is 0. The molecular formula is C12H16F2N2O. The van der Waals surface area contributed by atoms with Crippen molar-refractivity contribution in [2.45, 2.75) is 13.0 Å². The number of hydrogen-bond donors (Lipinski definition) is 1. The molecule has 0 saturated heterocycles. The number of hydrogen-bond acceptors (Lipinski definition) is 2. The Balaban J connectivity index is 2.84. The van der Waals surface area contributed by atoms with Gasteiger partial charge in [-0.15, -0.1) is 0 Å². The van der Waals surface area contributed by atoms with E-state index >= 15 is 0 Å². The van der Waals surface area contributed by atoms with E-state index in [0.717, 1.165) is 18.2 Å². The molecule has 1 aromatic rings. The third kappa shape index (κ3) is 3.49. The Morgan fingerprint density at radius 1 is 1.47 bits per heavy atom. The third-order valence-corrected chi connectivity index (χ3v) is 2.74. The van der Waals surface area contributed by atoms with E-state index in [4.69, 9.17) is 0 Å². The molecule has 5 heteroatoms. The maximum absolute atomic E-state index is 13.5. The number of carbonyl (C=O) groups is 1. The fraction of sp³-hybridized carbons (Fsp3) is 0.417. The number of nitrogens with zero attached hydrogens (tertiary/aromatic N) is 1. The lowest BCUT2D eigenvalue weighted by atomic mass is 10.1. The summed E-state index contributed by atoms with van der Waals surface area (Å²) in [5.74, 6) is -1.12. The van der Waals surface area contributed by atoms with Crippen LogP contribution >= 0.6 is 0 Å². The van der Waals surface area contributed by atoms with Crippen molar-refractivity contribution in [1.29, 1.82) is 0 Å². The zero-order valence-corrected chi connectivity index (χ0v) is 10.1. The normalized spacial score (nSPS) is 12.6. The monoisotopic (exact) mass is 242 g/mol. The first-order valence-corrected chi connectivity index (χ1v) is 5.31. The molecule has 94 valence electrons. The van der Waals surface area contributed by atoms with Crippen molar-refractivity contribution in [2.75, 3.05) is 20.6 Å². The highest BCUT2D eigenvalue weighted by Crippen LogP contribution is 2.22. The molecule has 1 N–H and O–H groups in total. The zero-order chi connectivity index (χ0) is 13.0. The lowest BCUT2D eigenvalue weighted by molar-refractivity contribution is -0.121. The standard InChI is InChI=1S/C12H16F2N2O/c1-8(16(3)7-12(17)15-2)10-6-9(13)4-5-11(10)14/h4-6,8H,7H2,1-3H3,(H,15,17)/t8-/m1/s1. The van der Waals surface area contributed by atoms with Crippen LogP contribution < -0.4 is 5.32 Å². The fourth-order valence-electron chi connectivity index (χ4n) is 1.51. The van der Waals surface area contributed by atoms with Crippen molar-refractivity contribution in [3.8, 4) is 0 Å². The molecular weight excluding hydrogens is 226 g/mol. The summed E-state index contributed by atoms with van der Waals surface area (Å²) in [6.45, 7) is 1.86. The molecule has 0 aliphatic heterocycles. The summed E-state index contributed by atoms with van der Waals surface area (Å²) in [4.78, 5) is 12.8. The van der Waals surface area contributed by atoms with E-state index in [0.29, 0.717) is 0 Å². The molecule has 1 rings (SSSR count). The lowest BCUT2D eigenvalue weighted by Gasteiger charge is -2.24. The second-order valence-electron chi connectivity index (χ2n) is 3.93. The van der Waals surface area contributed by atoms with Crippen LogP contribution in [0.25, 0.3) is 0 Å². The average molecular weight is 242 g/mol. The van der Waals surface area contributed by atoms with Gasteiger partial charge in [0.1, 0.15) is 11.6 Å². The Morgan fingerprint density at radius 3 is 2.71 bits per heavy atom. The van der Waals surface area contributed by atoms with Gasteiger partial charge in [-0.3, -0.25) is 9.69 Å². The minimum Gasteiger partial charge on any atom is -0.358 e. The van der Waals surface area contributed by atoms with Crippen LogP contribution in [0.4, 0.5) is 8.78 Å². The van der Waals surface area contributed by atoms with Crippen molar-refractivity contribution < 1.29 is 13.6 Å². The molecule has 0 fully saturated rings. The van der Waals surface area contributed by atoms with Gasteiger partial charge < -0.3 is 5.32 Å². The van der Waals surface area contributed by atoms with Gasteiger partial charge in [-0.25, -0.2) is 8.78 Å². The van der Waals surface area contributed by atoms with Gasteiger partial charge in [0, 0.05) is 18.7 Å². The number of halogens is 2. The molecule has 0 radical (unpaired) electrons. The van der Waals surface area contributed by atoms with Gasteiger partial charge in [-0.1, -0.05) is 0 Å². The van der Waals surface area contributed by atoms with Crippen LogP contribution in [-0.4, -0.2) is 31.4 Å². The Kier molecular flexibility index (Phi) is 4.57. The van der Waals surface area contributed by atoms with Crippen molar-refractivity contribution in [3.63, 3.8) is 0 Å². The van der Waals surface area contributed by atoms with Crippen molar-refractivity contribution in [1.82, 2.24) is 10.2 Å². The Hall–Kier alpha value is -1.49. The second-order valence-corrected chi connectivity index (χ2v) is 3.93. The molecule has 1 amide bonds. The molecule has 0 bridgehead atoms. The molecule has 0 unspecified atom stereocenters. The maximum Gasteiger partial charge on any atom is 0.233 e. The first-order valence-electron chi connectivity index (χ1n) is 5.31. The number of benzene rings is 1. The van der Waals surface area contributed by atoms with E-state index in [-0.39, 0.29) is 24.1 Å². The van der Waals surface area contributed by atoms with Crippen LogP contribution in [0.15, 0.2) is 18.2 Å². The van der Waals surface area contributed by atoms with E-state index in [1.807, 2.05) is 0 Å². The van der Waals surface area contributed by atoms with Gasteiger partial charge in [0.25, 0.3) is 0 Å². The summed E-state index contributed by atoms with van der Waals surface area (Å²) in [5, 5.41) is 2.48. The summed E-state index contributed by atoms with van der Waals surface area (Å²) in [6, 6.07) is 2.95. The summed E-state index contributed by atoms with van der Waals surface area (Å²) in [7, 11) is 3.22. The fourth-order valence-corrected chi connectivity index (χ4v) is 1.51. The molecule has 0 spiro atoms. The SMILES string of the molecule is CNC(=O)CN(C)[C@H](C)c1cc(F)ccc1F. The number of nitrogens with one attached hydrogen (secondary N) is 1. The van der Waals surface area contributed by atoms with Crippen LogP contribution in [-0.2, 0) is 4.79 Å². The smallest absolute Gasteiger partial charge is 0.233 e. The molecule has 1 atom stereocenters. The maximum atomic E-state index is 13.5. The molecule has 0 aliphatic carbocycles. The first kappa shape index (κ1) is 13.6. The Labute approximate surface area is 99.4 Å². The molecule has 0 aliphatic rings. The predicted octanol–water partition coefficient (Wildman–Crippen LogP) is 1.70. The molecule has 0 aromatic heterocycles. The zero-order valence-electron chi connectivity index (χ0n) is 10.1. The molecule has 17 heavy (non-hydrogen) atoms. The van der Waals surface area contributed by atoms with Gasteiger partial charge in [-0.05, 0) is 32.2 Å². The van der Waals surface area contributed by atoms with E-state index in [1.165, 1.54) is 7.05 Å². The van der Waals surface area contributed by atoms with Crippen LogP contribution in [0.3, 0.4) is 0 Å². The van der Waals surface area contributed by atoms with Crippen molar-refractivity contribution in [2.24, 2.45) is 0 Å². The number of likely N-dealkylation sites (N-methyl/N-ethyl adjacent to an activating group) is 2. The number of amides is 1. The van der Waals surface area contributed by atoms with Crippen molar-refractivity contribution >= 4 is 5.91 Å². The Bertz CT molecular complexity index is 409. The highest BCUT2D eigenvalue weighted by Gasteiger charge is 2.18. The van der Waals surface area contributed by atoms with E-state index in [2.05, 4.69) is 5.32 Å². The summed E-state index contributed by atoms with van der Waals surface area (Å²) in [5.41, 5.74) is 0.247. The molecule has 0 heterocycles. The highest BCUT2D eigenvalue weighted by molar-refractivity contribution is 5.77. The van der Waals surface area contributed by atoms with Gasteiger partial charge in [0.15, 0.2) is 0 Å². The number of rotatable bonds is 4. The van der Waals surface area contributed by atoms with Crippen LogP contribution in [0.5, 0.6) is 0 Å². The van der Waals surface area contributed by atoms with E-state index in [1.54, 1.807) is 18.9 Å². The van der Waals surface area contributed by atoms with Crippen LogP contribution in [0, 0.1) is 11.6 Å². The third-order valence-electron chi connectivity index (χ3n) is 2.74. The minimum absolute atomic E-state index is 0.133. The Morgan fingerprint density at radius 2 is 2.12 bits per heavy atom. The first-order chi connectivity index (χ1) is 7.95. The van der Waals surface area contributed by atoms with Gasteiger partial charge in [-0.2, -0.15) is 0 Å². The number of carbonyl (C=O) groups excluding carboxylic acids is 1. The minimum atomic E-state index is -0.485. The van der Waals surface area contributed by atoms with Gasteiger partial charge >= 0.3 is 0 Å². The van der Waals surface area contributed by atoms with E-state index < -0.39 is 11.6 Å². The highest BCUT2D eigenvalue weighted by atomic mass is 19.1. The predicted molar refractivity (Wildman–Crippen MR) is 61.5 cm³/mol. The van der Waals surface area contributed by atoms with E-state index in [9.17, 15) is 13.6 Å². The van der Waals surface area contributed by atoms with Gasteiger partial charge in [0.05, 0.1) is 6.54 Å². The average Bonchev–Trinajstić information content (AvgIpc) is 2.31. The van der Waals surface area contributed by atoms with Crippen LogP contribution in [0.1, 0.15) is 18.5 Å². The topological polar surface area (TPSA) is 32.3 Å². The summed E-state index contributed by atoms with van der Waals surface area (Å²) < 4.78 is 26.5. The quantitative estimate of drug-likeness (QED) is 0.871. The largest absolute Gasteiger partial charge is 0.358 e. The van der Waals surface area contributed by atoms with Crippen molar-refractivity contribution in [3.05, 3.63) is 35.4 Å².